The van der Waals surface area contributed by atoms with Crippen LogP contribution in [-0.2, 0) is 4.74 Å². The summed E-state index contributed by atoms with van der Waals surface area (Å²) in [5, 5.41) is 8.72. The highest BCUT2D eigenvalue weighted by molar-refractivity contribution is 6.30. The smallest absolute Gasteiger partial charge is 0.412 e. The van der Waals surface area contributed by atoms with Crippen LogP contribution in [0, 0.1) is 0 Å². The summed E-state index contributed by atoms with van der Waals surface area (Å²) in [6.45, 7) is 5.29. The average molecular weight is 466 g/mol. The standard InChI is InChI=1S/C25H24ClN3O4/c1-25(2,3)33-24(32)27-19-8-6-7-17(15-19)23(31)29-21-10-5-4-9-20(21)28-22(30)16-11-13-18(26)14-12-16/h4-15H,1-3H3,(H,27,32)(H,28,30)(H,29,31). The zero-order chi connectivity index (χ0) is 24.0. The third-order valence-electron chi connectivity index (χ3n) is 4.30. The second kappa shape index (κ2) is 10.2. The Labute approximate surface area is 197 Å². The molecule has 0 atom stereocenters. The van der Waals surface area contributed by atoms with Crippen molar-refractivity contribution in [3.63, 3.8) is 0 Å². The molecule has 0 heterocycles. The quantitative estimate of drug-likeness (QED) is 0.418. The molecule has 3 amide bonds. The van der Waals surface area contributed by atoms with Crippen molar-refractivity contribution in [2.75, 3.05) is 16.0 Å². The number of benzene rings is 3. The van der Waals surface area contributed by atoms with Gasteiger partial charge in [-0.05, 0) is 75.4 Å². The molecule has 0 radical (unpaired) electrons. The molecule has 7 nitrogen and oxygen atoms in total. The van der Waals surface area contributed by atoms with E-state index in [9.17, 15) is 14.4 Å². The molecule has 0 unspecified atom stereocenters. The van der Waals surface area contributed by atoms with Crippen LogP contribution in [0.15, 0.2) is 72.8 Å². The predicted molar refractivity (Wildman–Crippen MR) is 130 cm³/mol. The zero-order valence-corrected chi connectivity index (χ0v) is 19.2. The molecule has 0 aromatic heterocycles. The van der Waals surface area contributed by atoms with Crippen LogP contribution >= 0.6 is 11.6 Å². The summed E-state index contributed by atoms with van der Waals surface area (Å²) in [7, 11) is 0. The highest BCUT2D eigenvalue weighted by Gasteiger charge is 2.17. The van der Waals surface area contributed by atoms with Crippen molar-refractivity contribution in [3.05, 3.63) is 88.9 Å². The minimum absolute atomic E-state index is 0.322. The number of carbonyl (C=O) groups excluding carboxylic acids is 3. The molecule has 0 fully saturated rings. The molecule has 0 aliphatic rings. The average Bonchev–Trinajstić information content (AvgIpc) is 2.74. The number of para-hydroxylation sites is 2. The van der Waals surface area contributed by atoms with E-state index in [2.05, 4.69) is 16.0 Å². The fourth-order valence-electron chi connectivity index (χ4n) is 2.85. The highest BCUT2D eigenvalue weighted by atomic mass is 35.5. The van der Waals surface area contributed by atoms with E-state index in [1.54, 1.807) is 87.5 Å². The van der Waals surface area contributed by atoms with E-state index < -0.39 is 17.6 Å². The van der Waals surface area contributed by atoms with E-state index >= 15 is 0 Å². The summed E-state index contributed by atoms with van der Waals surface area (Å²) in [4.78, 5) is 37.4. The third-order valence-corrected chi connectivity index (χ3v) is 4.55. The number of hydrogen-bond acceptors (Lipinski definition) is 4. The van der Waals surface area contributed by atoms with Crippen molar-refractivity contribution in [2.45, 2.75) is 26.4 Å². The Morgan fingerprint density at radius 1 is 0.727 bits per heavy atom. The molecule has 0 bridgehead atoms. The third kappa shape index (κ3) is 7.08. The molecule has 0 aliphatic heterocycles. The lowest BCUT2D eigenvalue weighted by molar-refractivity contribution is 0.0635. The van der Waals surface area contributed by atoms with Gasteiger partial charge >= 0.3 is 6.09 Å². The lowest BCUT2D eigenvalue weighted by Gasteiger charge is -2.19. The molecule has 0 saturated heterocycles. The van der Waals surface area contributed by atoms with Gasteiger partial charge in [0.05, 0.1) is 11.4 Å². The van der Waals surface area contributed by atoms with E-state index in [0.29, 0.717) is 33.2 Å². The Balaban J connectivity index is 1.71. The molecule has 0 saturated carbocycles. The molecule has 0 spiro atoms. The first-order valence-electron chi connectivity index (χ1n) is 10.2. The van der Waals surface area contributed by atoms with Crippen molar-refractivity contribution in [1.29, 1.82) is 0 Å². The van der Waals surface area contributed by atoms with Gasteiger partial charge in [0.15, 0.2) is 0 Å². The fourth-order valence-corrected chi connectivity index (χ4v) is 2.98. The van der Waals surface area contributed by atoms with Gasteiger partial charge in [0, 0.05) is 21.8 Å². The van der Waals surface area contributed by atoms with Crippen LogP contribution in [0.2, 0.25) is 5.02 Å². The maximum atomic E-state index is 12.8. The summed E-state index contributed by atoms with van der Waals surface area (Å²) < 4.78 is 5.24. The SMILES string of the molecule is CC(C)(C)OC(=O)Nc1cccc(C(=O)Nc2ccccc2NC(=O)c2ccc(Cl)cc2)c1. The van der Waals surface area contributed by atoms with Gasteiger partial charge in [0.25, 0.3) is 11.8 Å². The van der Waals surface area contributed by atoms with Gasteiger partial charge in [-0.2, -0.15) is 0 Å². The topological polar surface area (TPSA) is 96.5 Å². The minimum atomic E-state index is -0.640. The van der Waals surface area contributed by atoms with Crippen LogP contribution in [0.4, 0.5) is 21.9 Å². The van der Waals surface area contributed by atoms with Gasteiger partial charge in [0.1, 0.15) is 5.60 Å². The molecule has 3 N–H and O–H groups in total. The largest absolute Gasteiger partial charge is 0.444 e. The number of hydrogen-bond donors (Lipinski definition) is 3. The second-order valence-electron chi connectivity index (χ2n) is 8.17. The van der Waals surface area contributed by atoms with Crippen LogP contribution in [0.25, 0.3) is 0 Å². The Morgan fingerprint density at radius 3 is 1.88 bits per heavy atom. The first-order valence-corrected chi connectivity index (χ1v) is 10.6. The Kier molecular flexibility index (Phi) is 7.35. The minimum Gasteiger partial charge on any atom is -0.444 e. The first kappa shape index (κ1) is 23.8. The predicted octanol–water partition coefficient (Wildman–Crippen LogP) is 6.19. The summed E-state index contributed by atoms with van der Waals surface area (Å²) in [6, 6.07) is 19.8. The molecule has 3 aromatic carbocycles. The maximum Gasteiger partial charge on any atom is 0.412 e. The van der Waals surface area contributed by atoms with Crippen molar-refractivity contribution >= 4 is 46.6 Å². The van der Waals surface area contributed by atoms with E-state index in [4.69, 9.17) is 16.3 Å². The molecule has 170 valence electrons. The van der Waals surface area contributed by atoms with Crippen LogP contribution in [0.5, 0.6) is 0 Å². The van der Waals surface area contributed by atoms with Crippen molar-refractivity contribution in [2.24, 2.45) is 0 Å². The highest BCUT2D eigenvalue weighted by Crippen LogP contribution is 2.23. The normalized spacial score (nSPS) is 10.8. The van der Waals surface area contributed by atoms with Gasteiger partial charge in [0.2, 0.25) is 0 Å². The molecular weight excluding hydrogens is 442 g/mol. The van der Waals surface area contributed by atoms with Gasteiger partial charge in [-0.1, -0.05) is 29.8 Å². The van der Waals surface area contributed by atoms with Crippen LogP contribution in [0.1, 0.15) is 41.5 Å². The van der Waals surface area contributed by atoms with Crippen LogP contribution < -0.4 is 16.0 Å². The van der Waals surface area contributed by atoms with Gasteiger partial charge in [-0.15, -0.1) is 0 Å². The van der Waals surface area contributed by atoms with Gasteiger partial charge in [-0.25, -0.2) is 4.79 Å². The number of rotatable bonds is 5. The second-order valence-corrected chi connectivity index (χ2v) is 8.60. The van der Waals surface area contributed by atoms with Crippen LogP contribution in [0.3, 0.4) is 0 Å². The monoisotopic (exact) mass is 465 g/mol. The summed E-state index contributed by atoms with van der Waals surface area (Å²) >= 11 is 5.87. The van der Waals surface area contributed by atoms with E-state index in [0.717, 1.165) is 0 Å². The summed E-state index contributed by atoms with van der Waals surface area (Å²) in [5.41, 5.74) is 1.40. The number of nitrogens with one attached hydrogen (secondary N) is 3. The summed E-state index contributed by atoms with van der Waals surface area (Å²) in [6.07, 6.45) is -0.615. The zero-order valence-electron chi connectivity index (χ0n) is 18.4. The van der Waals surface area contributed by atoms with E-state index in [1.807, 2.05) is 0 Å². The van der Waals surface area contributed by atoms with Gasteiger partial charge in [-0.3, -0.25) is 14.9 Å². The molecule has 3 rings (SSSR count). The number of ether oxygens (including phenoxy) is 1. The molecule has 8 heteroatoms. The summed E-state index contributed by atoms with van der Waals surface area (Å²) in [5.74, 6) is -0.743. The Hall–Kier alpha value is -3.84. The number of amides is 3. The Bertz CT molecular complexity index is 1170. The molecule has 33 heavy (non-hydrogen) atoms. The Morgan fingerprint density at radius 2 is 1.30 bits per heavy atom. The molecular formula is C25H24ClN3O4. The molecule has 0 aliphatic carbocycles. The number of halogens is 1. The van der Waals surface area contributed by atoms with Crippen LogP contribution in [-0.4, -0.2) is 23.5 Å². The fraction of sp³-hybridized carbons (Fsp3) is 0.160. The lowest BCUT2D eigenvalue weighted by Crippen LogP contribution is -2.27. The van der Waals surface area contributed by atoms with Crippen molar-refractivity contribution in [1.82, 2.24) is 0 Å². The number of anilines is 3. The lowest BCUT2D eigenvalue weighted by atomic mass is 10.1. The first-order chi connectivity index (χ1) is 15.6. The molecule has 3 aromatic rings. The van der Waals surface area contributed by atoms with E-state index in [-0.39, 0.29) is 5.91 Å². The van der Waals surface area contributed by atoms with Crippen molar-refractivity contribution in [3.8, 4) is 0 Å². The van der Waals surface area contributed by atoms with E-state index in [1.165, 1.54) is 6.07 Å². The number of carbonyl (C=O) groups is 3. The van der Waals surface area contributed by atoms with Gasteiger partial charge < -0.3 is 15.4 Å². The maximum absolute atomic E-state index is 12.8. The van der Waals surface area contributed by atoms with Crippen molar-refractivity contribution < 1.29 is 19.1 Å².